The third kappa shape index (κ3) is 6.19. The maximum absolute atomic E-state index is 11.1. The zero-order chi connectivity index (χ0) is 18.8. The fraction of sp³-hybridized carbons (Fsp3) is 0.409. The van der Waals surface area contributed by atoms with Gasteiger partial charge in [-0.25, -0.2) is 0 Å². The van der Waals surface area contributed by atoms with Crippen LogP contribution in [0, 0.1) is 0 Å². The second kappa shape index (κ2) is 10.6. The molecule has 0 aliphatic heterocycles. The number of carbonyl (C=O) groups excluding carboxylic acids is 1. The van der Waals surface area contributed by atoms with E-state index in [0.29, 0.717) is 25.5 Å². The maximum Gasteiger partial charge on any atom is 0.305 e. The van der Waals surface area contributed by atoms with E-state index in [4.69, 9.17) is 4.74 Å². The number of benzene rings is 2. The largest absolute Gasteiger partial charge is 0.494 e. The van der Waals surface area contributed by atoms with Gasteiger partial charge in [-0.05, 0) is 43.0 Å². The van der Waals surface area contributed by atoms with Crippen LogP contribution in [-0.4, -0.2) is 19.7 Å². The molecule has 2 aromatic rings. The summed E-state index contributed by atoms with van der Waals surface area (Å²) in [5, 5.41) is 3.70. The first-order valence-corrected chi connectivity index (χ1v) is 9.24. The van der Waals surface area contributed by atoms with Gasteiger partial charge in [-0.1, -0.05) is 49.4 Å². The average molecular weight is 355 g/mol. The van der Waals surface area contributed by atoms with E-state index < -0.39 is 0 Å². The summed E-state index contributed by atoms with van der Waals surface area (Å²) >= 11 is 0. The zero-order valence-corrected chi connectivity index (χ0v) is 15.9. The summed E-state index contributed by atoms with van der Waals surface area (Å²) in [6.07, 6.45) is 2.05. The Morgan fingerprint density at radius 2 is 1.73 bits per heavy atom. The zero-order valence-electron chi connectivity index (χ0n) is 15.9. The van der Waals surface area contributed by atoms with Crippen molar-refractivity contribution in [3.63, 3.8) is 0 Å². The molecular formula is C22H29NO3. The van der Waals surface area contributed by atoms with Crippen molar-refractivity contribution < 1.29 is 14.3 Å². The van der Waals surface area contributed by atoms with E-state index >= 15 is 0 Å². The maximum atomic E-state index is 11.1. The summed E-state index contributed by atoms with van der Waals surface area (Å²) in [6.45, 7) is 4.89. The Morgan fingerprint density at radius 1 is 1.04 bits per heavy atom. The predicted molar refractivity (Wildman–Crippen MR) is 104 cm³/mol. The minimum absolute atomic E-state index is 0.201. The van der Waals surface area contributed by atoms with Crippen LogP contribution in [-0.2, 0) is 9.53 Å². The number of carbonyl (C=O) groups is 1. The first kappa shape index (κ1) is 20.0. The number of ether oxygens (including phenoxy) is 2. The molecule has 4 heteroatoms. The molecule has 1 N–H and O–H groups in total. The Kier molecular flexibility index (Phi) is 8.16. The molecule has 0 aliphatic carbocycles. The van der Waals surface area contributed by atoms with Gasteiger partial charge in [0.05, 0.1) is 13.7 Å². The number of rotatable bonds is 10. The highest BCUT2D eigenvalue weighted by molar-refractivity contribution is 5.69. The molecule has 4 nitrogen and oxygen atoms in total. The molecule has 0 saturated heterocycles. The molecule has 2 aromatic carbocycles. The van der Waals surface area contributed by atoms with Crippen molar-refractivity contribution in [3.05, 3.63) is 65.7 Å². The first-order valence-electron chi connectivity index (χ1n) is 9.24. The van der Waals surface area contributed by atoms with Crippen LogP contribution < -0.4 is 10.1 Å². The molecule has 26 heavy (non-hydrogen) atoms. The van der Waals surface area contributed by atoms with E-state index in [9.17, 15) is 4.79 Å². The molecule has 0 aromatic heterocycles. The van der Waals surface area contributed by atoms with Crippen LogP contribution in [0.1, 0.15) is 56.3 Å². The lowest BCUT2D eigenvalue weighted by Crippen LogP contribution is -2.24. The molecule has 2 rings (SSSR count). The van der Waals surface area contributed by atoms with E-state index in [1.807, 2.05) is 18.2 Å². The van der Waals surface area contributed by atoms with Crippen LogP contribution in [0.2, 0.25) is 0 Å². The number of esters is 1. The second-order valence-electron chi connectivity index (χ2n) is 6.36. The van der Waals surface area contributed by atoms with E-state index in [1.165, 1.54) is 18.2 Å². The normalized spacial score (nSPS) is 13.0. The highest BCUT2D eigenvalue weighted by atomic mass is 16.5. The van der Waals surface area contributed by atoms with Crippen molar-refractivity contribution in [2.75, 3.05) is 13.7 Å². The molecule has 0 aliphatic rings. The van der Waals surface area contributed by atoms with Gasteiger partial charge >= 0.3 is 5.97 Å². The Bertz CT molecular complexity index is 655. The molecule has 0 unspecified atom stereocenters. The Labute approximate surface area is 156 Å². The molecule has 0 spiro atoms. The van der Waals surface area contributed by atoms with Gasteiger partial charge in [0.15, 0.2) is 0 Å². The summed E-state index contributed by atoms with van der Waals surface area (Å²) < 4.78 is 10.3. The van der Waals surface area contributed by atoms with E-state index in [0.717, 1.165) is 12.2 Å². The number of hydrogen-bond acceptors (Lipinski definition) is 4. The number of hydrogen-bond donors (Lipinski definition) is 1. The molecular weight excluding hydrogens is 326 g/mol. The van der Waals surface area contributed by atoms with Crippen LogP contribution >= 0.6 is 0 Å². The third-order valence-electron chi connectivity index (χ3n) is 4.46. The molecule has 0 bridgehead atoms. The Morgan fingerprint density at radius 3 is 2.35 bits per heavy atom. The summed E-state index contributed by atoms with van der Waals surface area (Å²) in [6, 6.07) is 19.2. The molecule has 0 heterocycles. The lowest BCUT2D eigenvalue weighted by Gasteiger charge is -2.23. The lowest BCUT2D eigenvalue weighted by atomic mass is 10.0. The van der Waals surface area contributed by atoms with E-state index in [-0.39, 0.29) is 12.0 Å². The SMILES string of the molecule is CC[C@@H](N[C@H](C)c1ccccc1)c1ccc(OCCCC(=O)OC)cc1. The van der Waals surface area contributed by atoms with Crippen molar-refractivity contribution in [3.8, 4) is 5.75 Å². The predicted octanol–water partition coefficient (Wildman–Crippen LogP) is 4.82. The molecule has 2 atom stereocenters. The van der Waals surface area contributed by atoms with Gasteiger partial charge in [0.2, 0.25) is 0 Å². The van der Waals surface area contributed by atoms with Gasteiger partial charge in [0, 0.05) is 18.5 Å². The van der Waals surface area contributed by atoms with Gasteiger partial charge < -0.3 is 14.8 Å². The highest BCUT2D eigenvalue weighted by Gasteiger charge is 2.13. The molecule has 0 fully saturated rings. The van der Waals surface area contributed by atoms with Crippen LogP contribution in [0.4, 0.5) is 0 Å². The Hall–Kier alpha value is -2.33. The fourth-order valence-corrected chi connectivity index (χ4v) is 2.89. The molecule has 0 saturated carbocycles. The standard InChI is InChI=1S/C22H29NO3/c1-4-21(23-17(2)18-9-6-5-7-10-18)19-12-14-20(15-13-19)26-16-8-11-22(24)25-3/h5-7,9-10,12-15,17,21,23H,4,8,11,16H2,1-3H3/t17-,21-/m1/s1. The summed E-state index contributed by atoms with van der Waals surface area (Å²) in [5.74, 6) is 0.623. The van der Waals surface area contributed by atoms with Crippen LogP contribution in [0.5, 0.6) is 5.75 Å². The van der Waals surface area contributed by atoms with Gasteiger partial charge in [0.25, 0.3) is 0 Å². The van der Waals surface area contributed by atoms with Gasteiger partial charge in [-0.2, -0.15) is 0 Å². The van der Waals surface area contributed by atoms with E-state index in [1.54, 1.807) is 0 Å². The van der Waals surface area contributed by atoms with Crippen LogP contribution in [0.25, 0.3) is 0 Å². The van der Waals surface area contributed by atoms with Gasteiger partial charge in [0.1, 0.15) is 5.75 Å². The van der Waals surface area contributed by atoms with Crippen LogP contribution in [0.15, 0.2) is 54.6 Å². The topological polar surface area (TPSA) is 47.6 Å². The molecule has 0 radical (unpaired) electrons. The first-order chi connectivity index (χ1) is 12.6. The monoisotopic (exact) mass is 355 g/mol. The molecule has 0 amide bonds. The smallest absolute Gasteiger partial charge is 0.305 e. The Balaban J connectivity index is 1.87. The lowest BCUT2D eigenvalue weighted by molar-refractivity contribution is -0.140. The van der Waals surface area contributed by atoms with Crippen molar-refractivity contribution >= 4 is 5.97 Å². The third-order valence-corrected chi connectivity index (χ3v) is 4.46. The van der Waals surface area contributed by atoms with Crippen molar-refractivity contribution in [1.29, 1.82) is 0 Å². The quantitative estimate of drug-likeness (QED) is 0.490. The van der Waals surface area contributed by atoms with Crippen molar-refractivity contribution in [1.82, 2.24) is 5.32 Å². The summed E-state index contributed by atoms with van der Waals surface area (Å²) in [4.78, 5) is 11.1. The van der Waals surface area contributed by atoms with Crippen molar-refractivity contribution in [2.24, 2.45) is 0 Å². The summed E-state index contributed by atoms with van der Waals surface area (Å²) in [7, 11) is 1.40. The fourth-order valence-electron chi connectivity index (χ4n) is 2.89. The average Bonchev–Trinajstić information content (AvgIpc) is 2.70. The minimum atomic E-state index is -0.201. The summed E-state index contributed by atoms with van der Waals surface area (Å²) in [5.41, 5.74) is 2.54. The van der Waals surface area contributed by atoms with Crippen molar-refractivity contribution in [2.45, 2.75) is 45.2 Å². The number of methoxy groups -OCH3 is 1. The highest BCUT2D eigenvalue weighted by Crippen LogP contribution is 2.24. The number of nitrogens with one attached hydrogen (secondary N) is 1. The van der Waals surface area contributed by atoms with Crippen LogP contribution in [0.3, 0.4) is 0 Å². The van der Waals surface area contributed by atoms with Gasteiger partial charge in [-0.3, -0.25) is 4.79 Å². The minimum Gasteiger partial charge on any atom is -0.494 e. The van der Waals surface area contributed by atoms with E-state index in [2.05, 4.69) is 60.3 Å². The molecule has 140 valence electrons. The second-order valence-corrected chi connectivity index (χ2v) is 6.36. The van der Waals surface area contributed by atoms with Gasteiger partial charge in [-0.15, -0.1) is 0 Å².